The van der Waals surface area contributed by atoms with E-state index in [1.807, 2.05) is 0 Å². The van der Waals surface area contributed by atoms with Crippen molar-refractivity contribution in [3.63, 3.8) is 0 Å². The number of hydrogen-bond donors (Lipinski definition) is 1. The molecule has 96 valence electrons. The molecule has 0 spiro atoms. The second kappa shape index (κ2) is 3.45. The Hall–Kier alpha value is -0.610. The van der Waals surface area contributed by atoms with Crippen LogP contribution in [0.1, 0.15) is 27.2 Å². The highest BCUT2D eigenvalue weighted by Crippen LogP contribution is 2.50. The Labute approximate surface area is 104 Å². The number of piperidine rings is 2. The van der Waals surface area contributed by atoms with Crippen LogP contribution in [-0.4, -0.2) is 48.4 Å². The first-order valence-electron chi connectivity index (χ1n) is 6.77. The van der Waals surface area contributed by atoms with Crippen molar-refractivity contribution < 1.29 is 0 Å². The molecule has 0 aromatic rings. The molecule has 4 heteroatoms. The van der Waals surface area contributed by atoms with E-state index in [0.717, 1.165) is 32.8 Å². The van der Waals surface area contributed by atoms with Crippen molar-refractivity contribution in [3.05, 3.63) is 0 Å². The van der Waals surface area contributed by atoms with Gasteiger partial charge >= 0.3 is 0 Å². The number of hydrogen-bond acceptors (Lipinski definition) is 4. The van der Waals surface area contributed by atoms with E-state index in [0.29, 0.717) is 5.92 Å². The summed E-state index contributed by atoms with van der Waals surface area (Å²) in [4.78, 5) is 5.18. The number of rotatable bonds is 2. The first-order valence-corrected chi connectivity index (χ1v) is 6.77. The van der Waals surface area contributed by atoms with Gasteiger partial charge < -0.3 is 5.84 Å². The van der Waals surface area contributed by atoms with Crippen molar-refractivity contribution in [2.75, 3.05) is 32.8 Å². The van der Waals surface area contributed by atoms with Crippen LogP contribution in [0.3, 0.4) is 0 Å². The topological polar surface area (TPSA) is 44.9 Å². The summed E-state index contributed by atoms with van der Waals surface area (Å²) in [6, 6.07) is 0. The van der Waals surface area contributed by atoms with Crippen molar-refractivity contribution in [2.24, 2.45) is 27.7 Å². The van der Waals surface area contributed by atoms with Gasteiger partial charge in [-0.25, -0.2) is 0 Å². The predicted molar refractivity (Wildman–Crippen MR) is 69.6 cm³/mol. The van der Waals surface area contributed by atoms with Crippen LogP contribution in [0.15, 0.2) is 5.10 Å². The molecule has 4 aliphatic heterocycles. The van der Waals surface area contributed by atoms with Gasteiger partial charge in [-0.3, -0.25) is 9.80 Å². The smallest absolute Gasteiger partial charge is 0.0550 e. The minimum absolute atomic E-state index is 0.187. The molecule has 4 rings (SSSR count). The third-order valence-electron chi connectivity index (χ3n) is 5.28. The van der Waals surface area contributed by atoms with Crippen LogP contribution < -0.4 is 5.84 Å². The van der Waals surface area contributed by atoms with Crippen molar-refractivity contribution in [1.82, 2.24) is 9.80 Å². The van der Waals surface area contributed by atoms with E-state index in [9.17, 15) is 0 Å². The molecule has 3 atom stereocenters. The average Bonchev–Trinajstić information content (AvgIpc) is 2.25. The fraction of sp³-hybridized carbons (Fsp3) is 0.923. The Bertz CT molecular complexity index is 348. The van der Waals surface area contributed by atoms with Crippen LogP contribution >= 0.6 is 0 Å². The second-order valence-electron chi connectivity index (χ2n) is 6.62. The molecule has 4 nitrogen and oxygen atoms in total. The maximum Gasteiger partial charge on any atom is 0.0550 e. The zero-order valence-corrected chi connectivity index (χ0v) is 11.2. The lowest BCUT2D eigenvalue weighted by molar-refractivity contribution is -0.0961. The third-order valence-corrected chi connectivity index (χ3v) is 5.28. The van der Waals surface area contributed by atoms with Gasteiger partial charge in [0.2, 0.25) is 0 Å². The van der Waals surface area contributed by atoms with E-state index < -0.39 is 0 Å². The van der Waals surface area contributed by atoms with Crippen LogP contribution in [0, 0.1) is 16.7 Å². The highest BCUT2D eigenvalue weighted by Gasteiger charge is 2.60. The van der Waals surface area contributed by atoms with E-state index in [-0.39, 0.29) is 10.8 Å². The number of nitrogens with two attached hydrogens (primary N) is 1. The van der Waals surface area contributed by atoms with Gasteiger partial charge in [-0.2, -0.15) is 5.10 Å². The van der Waals surface area contributed by atoms with Gasteiger partial charge in [0.15, 0.2) is 0 Å². The zero-order valence-electron chi connectivity index (χ0n) is 11.2. The summed E-state index contributed by atoms with van der Waals surface area (Å²) in [6.07, 6.45) is 1.21. The molecular weight excluding hydrogens is 212 g/mol. The van der Waals surface area contributed by atoms with Gasteiger partial charge in [0.25, 0.3) is 0 Å². The monoisotopic (exact) mass is 236 g/mol. The molecule has 0 saturated carbocycles. The molecule has 2 N–H and O–H groups in total. The summed E-state index contributed by atoms with van der Waals surface area (Å²) in [5.41, 5.74) is 1.70. The molecule has 17 heavy (non-hydrogen) atoms. The molecule has 0 aromatic heterocycles. The average molecular weight is 236 g/mol. The lowest BCUT2D eigenvalue weighted by atomic mass is 9.56. The van der Waals surface area contributed by atoms with E-state index in [2.05, 4.69) is 35.7 Å². The maximum absolute atomic E-state index is 5.77. The first kappa shape index (κ1) is 11.5. The van der Waals surface area contributed by atoms with Gasteiger partial charge in [0, 0.05) is 37.0 Å². The molecule has 0 aliphatic carbocycles. The van der Waals surface area contributed by atoms with Crippen molar-refractivity contribution >= 4 is 5.71 Å². The summed E-state index contributed by atoms with van der Waals surface area (Å²) in [5.74, 6) is 6.43. The van der Waals surface area contributed by atoms with Gasteiger partial charge in [-0.1, -0.05) is 27.2 Å². The molecule has 4 fully saturated rings. The van der Waals surface area contributed by atoms with E-state index >= 15 is 0 Å². The Morgan fingerprint density at radius 2 is 1.88 bits per heavy atom. The van der Waals surface area contributed by atoms with Gasteiger partial charge in [0.05, 0.1) is 12.4 Å². The molecule has 4 aliphatic rings. The molecule has 0 radical (unpaired) electrons. The van der Waals surface area contributed by atoms with E-state index in [1.54, 1.807) is 0 Å². The Morgan fingerprint density at radius 3 is 2.35 bits per heavy atom. The Balaban J connectivity index is 2.08. The fourth-order valence-electron chi connectivity index (χ4n) is 4.60. The van der Waals surface area contributed by atoms with Crippen LogP contribution in [0.2, 0.25) is 0 Å². The summed E-state index contributed by atoms with van der Waals surface area (Å²) in [5, 5.41) is 4.26. The first-order chi connectivity index (χ1) is 8.04. The SMILES string of the molecule is CCC(C)C12CN3CN(CC(C)(C3)C1=NN)C2. The van der Waals surface area contributed by atoms with E-state index in [4.69, 9.17) is 5.84 Å². The molecule has 4 heterocycles. The minimum atomic E-state index is 0.187. The summed E-state index contributed by atoms with van der Waals surface area (Å²) < 4.78 is 0. The summed E-state index contributed by atoms with van der Waals surface area (Å²) in [6.45, 7) is 12.7. The molecule has 4 saturated heterocycles. The lowest BCUT2D eigenvalue weighted by Crippen LogP contribution is -2.76. The Kier molecular flexibility index (Phi) is 2.33. The van der Waals surface area contributed by atoms with Crippen LogP contribution in [0.25, 0.3) is 0 Å². The van der Waals surface area contributed by atoms with Gasteiger partial charge in [-0.05, 0) is 5.92 Å². The van der Waals surface area contributed by atoms with Crippen LogP contribution in [0.5, 0.6) is 0 Å². The van der Waals surface area contributed by atoms with E-state index in [1.165, 1.54) is 12.1 Å². The highest BCUT2D eigenvalue weighted by molar-refractivity contribution is 5.97. The molecule has 4 bridgehead atoms. The summed E-state index contributed by atoms with van der Waals surface area (Å²) in [7, 11) is 0. The second-order valence-corrected chi connectivity index (χ2v) is 6.62. The number of hydrazone groups is 1. The number of nitrogens with zero attached hydrogens (tertiary/aromatic N) is 3. The lowest BCUT2D eigenvalue weighted by Gasteiger charge is -2.65. The van der Waals surface area contributed by atoms with Crippen molar-refractivity contribution in [1.29, 1.82) is 0 Å². The zero-order chi connectivity index (χ0) is 12.3. The van der Waals surface area contributed by atoms with Crippen LogP contribution in [-0.2, 0) is 0 Å². The molecule has 0 aromatic carbocycles. The fourth-order valence-corrected chi connectivity index (χ4v) is 4.60. The third kappa shape index (κ3) is 1.34. The standard InChI is InChI=1S/C13H24N4/c1-4-10(2)13-7-16-5-12(3,11(13)15-14)6-17(8-13)9-16/h10H,4-9,14H2,1-3H3. The van der Waals surface area contributed by atoms with Crippen molar-refractivity contribution in [3.8, 4) is 0 Å². The quantitative estimate of drug-likeness (QED) is 0.573. The van der Waals surface area contributed by atoms with Gasteiger partial charge in [0.1, 0.15) is 0 Å². The van der Waals surface area contributed by atoms with Crippen molar-refractivity contribution in [2.45, 2.75) is 27.2 Å². The minimum Gasteiger partial charge on any atom is -0.323 e. The maximum atomic E-state index is 5.77. The highest BCUT2D eigenvalue weighted by atomic mass is 15.4. The Morgan fingerprint density at radius 1 is 1.29 bits per heavy atom. The summed E-state index contributed by atoms with van der Waals surface area (Å²) >= 11 is 0. The van der Waals surface area contributed by atoms with Gasteiger partial charge in [-0.15, -0.1) is 0 Å². The largest absolute Gasteiger partial charge is 0.323 e. The molecule has 0 amide bonds. The normalized spacial score (nSPS) is 52.1. The van der Waals surface area contributed by atoms with Crippen LogP contribution in [0.4, 0.5) is 0 Å². The molecular formula is C13H24N4. The molecule has 3 unspecified atom stereocenters. The predicted octanol–water partition coefficient (Wildman–Crippen LogP) is 0.942.